The van der Waals surface area contributed by atoms with Crippen LogP contribution in [0.3, 0.4) is 0 Å². The summed E-state index contributed by atoms with van der Waals surface area (Å²) in [7, 11) is 0. The summed E-state index contributed by atoms with van der Waals surface area (Å²) in [6.45, 7) is 4.20. The largest absolute Gasteiger partial charge is 0.368 e. The number of imidazole rings is 1. The highest BCUT2D eigenvalue weighted by atomic mass is 15.1. The van der Waals surface area contributed by atoms with Gasteiger partial charge in [0, 0.05) is 24.0 Å². The zero-order valence-corrected chi connectivity index (χ0v) is 8.75. The molecule has 2 N–H and O–H groups in total. The third kappa shape index (κ3) is 1.81. The van der Waals surface area contributed by atoms with E-state index in [1.165, 1.54) is 0 Å². The Hall–Kier alpha value is -1.91. The SMILES string of the molecule is CC(C)n1cncc1-c1cnc(N)nc1. The average Bonchev–Trinajstić information content (AvgIpc) is 2.67. The van der Waals surface area contributed by atoms with E-state index in [0.717, 1.165) is 11.3 Å². The second-order valence-corrected chi connectivity index (χ2v) is 3.61. The standard InChI is InChI=1S/C10H13N5/c1-7(2)15-6-12-5-9(15)8-3-13-10(11)14-4-8/h3-7H,1-2H3,(H2,11,13,14). The van der Waals surface area contributed by atoms with Gasteiger partial charge in [-0.25, -0.2) is 15.0 Å². The van der Waals surface area contributed by atoms with Crippen LogP contribution in [0.4, 0.5) is 5.95 Å². The minimum atomic E-state index is 0.286. The first-order chi connectivity index (χ1) is 7.18. The highest BCUT2D eigenvalue weighted by Crippen LogP contribution is 2.20. The van der Waals surface area contributed by atoms with Gasteiger partial charge in [0.15, 0.2) is 0 Å². The first-order valence-electron chi connectivity index (χ1n) is 4.78. The molecule has 2 heterocycles. The normalized spacial score (nSPS) is 10.9. The Morgan fingerprint density at radius 3 is 2.47 bits per heavy atom. The molecule has 2 aromatic rings. The average molecular weight is 203 g/mol. The van der Waals surface area contributed by atoms with Crippen molar-refractivity contribution >= 4 is 5.95 Å². The molecule has 78 valence electrons. The van der Waals surface area contributed by atoms with Crippen molar-refractivity contribution in [2.75, 3.05) is 5.73 Å². The van der Waals surface area contributed by atoms with E-state index >= 15 is 0 Å². The molecule has 0 bridgehead atoms. The zero-order valence-electron chi connectivity index (χ0n) is 8.75. The van der Waals surface area contributed by atoms with Crippen molar-refractivity contribution in [3.63, 3.8) is 0 Å². The predicted octanol–water partition coefficient (Wildman–Crippen LogP) is 1.50. The summed E-state index contributed by atoms with van der Waals surface area (Å²) in [6, 6.07) is 0.361. The molecular weight excluding hydrogens is 190 g/mol. The van der Waals surface area contributed by atoms with Crippen LogP contribution in [0, 0.1) is 0 Å². The molecule has 2 aromatic heterocycles. The van der Waals surface area contributed by atoms with Gasteiger partial charge in [0.1, 0.15) is 0 Å². The first kappa shape index (κ1) is 9.64. The van der Waals surface area contributed by atoms with E-state index < -0.39 is 0 Å². The molecule has 5 heteroatoms. The second kappa shape index (κ2) is 3.68. The molecule has 2 rings (SSSR count). The molecule has 0 radical (unpaired) electrons. The number of hydrogen-bond acceptors (Lipinski definition) is 4. The fourth-order valence-corrected chi connectivity index (χ4v) is 1.41. The number of aromatic nitrogens is 4. The van der Waals surface area contributed by atoms with Crippen LogP contribution in [0.5, 0.6) is 0 Å². The Morgan fingerprint density at radius 1 is 1.20 bits per heavy atom. The third-order valence-electron chi connectivity index (χ3n) is 2.19. The van der Waals surface area contributed by atoms with Crippen molar-refractivity contribution < 1.29 is 0 Å². The van der Waals surface area contributed by atoms with Crippen LogP contribution in [-0.2, 0) is 0 Å². The maximum atomic E-state index is 5.43. The van der Waals surface area contributed by atoms with Crippen molar-refractivity contribution in [2.45, 2.75) is 19.9 Å². The van der Waals surface area contributed by atoms with Gasteiger partial charge in [0.2, 0.25) is 5.95 Å². The number of anilines is 1. The van der Waals surface area contributed by atoms with Crippen molar-refractivity contribution in [1.29, 1.82) is 0 Å². The molecule has 0 saturated heterocycles. The molecule has 0 fully saturated rings. The van der Waals surface area contributed by atoms with Crippen LogP contribution in [0.25, 0.3) is 11.3 Å². The summed E-state index contributed by atoms with van der Waals surface area (Å²) in [5, 5.41) is 0. The molecular formula is C10H13N5. The van der Waals surface area contributed by atoms with Crippen LogP contribution >= 0.6 is 0 Å². The summed E-state index contributed by atoms with van der Waals surface area (Å²) in [4.78, 5) is 12.0. The zero-order chi connectivity index (χ0) is 10.8. The topological polar surface area (TPSA) is 69.6 Å². The number of rotatable bonds is 2. The van der Waals surface area contributed by atoms with Crippen molar-refractivity contribution in [3.05, 3.63) is 24.9 Å². The van der Waals surface area contributed by atoms with Crippen LogP contribution in [0.1, 0.15) is 19.9 Å². The first-order valence-corrected chi connectivity index (χ1v) is 4.78. The summed E-state index contributed by atoms with van der Waals surface area (Å²) in [5.41, 5.74) is 7.36. The lowest BCUT2D eigenvalue weighted by atomic mass is 10.2. The van der Waals surface area contributed by atoms with Gasteiger partial charge in [-0.2, -0.15) is 0 Å². The molecule has 0 aromatic carbocycles. The minimum Gasteiger partial charge on any atom is -0.368 e. The molecule has 0 saturated carbocycles. The molecule has 0 aliphatic heterocycles. The quantitative estimate of drug-likeness (QED) is 0.803. The van der Waals surface area contributed by atoms with E-state index in [1.807, 2.05) is 0 Å². The Bertz CT molecular complexity index is 443. The van der Waals surface area contributed by atoms with Crippen LogP contribution in [-0.4, -0.2) is 19.5 Å². The molecule has 0 spiro atoms. The van der Waals surface area contributed by atoms with Crippen molar-refractivity contribution in [2.24, 2.45) is 0 Å². The van der Waals surface area contributed by atoms with E-state index in [1.54, 1.807) is 24.9 Å². The number of hydrogen-bond donors (Lipinski definition) is 1. The lowest BCUT2D eigenvalue weighted by Gasteiger charge is -2.10. The summed E-state index contributed by atoms with van der Waals surface area (Å²) in [6.07, 6.45) is 7.02. The van der Waals surface area contributed by atoms with Crippen molar-refractivity contribution in [1.82, 2.24) is 19.5 Å². The van der Waals surface area contributed by atoms with Gasteiger partial charge >= 0.3 is 0 Å². The smallest absolute Gasteiger partial charge is 0.219 e. The maximum Gasteiger partial charge on any atom is 0.219 e. The highest BCUT2D eigenvalue weighted by molar-refractivity contribution is 5.57. The Kier molecular flexibility index (Phi) is 2.37. The van der Waals surface area contributed by atoms with E-state index in [0.29, 0.717) is 6.04 Å². The fraction of sp³-hybridized carbons (Fsp3) is 0.300. The second-order valence-electron chi connectivity index (χ2n) is 3.61. The molecule has 0 amide bonds. The lowest BCUT2D eigenvalue weighted by Crippen LogP contribution is -2.02. The maximum absolute atomic E-state index is 5.43. The highest BCUT2D eigenvalue weighted by Gasteiger charge is 2.07. The van der Waals surface area contributed by atoms with E-state index in [9.17, 15) is 0 Å². The molecule has 15 heavy (non-hydrogen) atoms. The van der Waals surface area contributed by atoms with E-state index in [4.69, 9.17) is 5.73 Å². The number of nitrogens with zero attached hydrogens (tertiary/aromatic N) is 4. The molecule has 0 aliphatic carbocycles. The van der Waals surface area contributed by atoms with Gasteiger partial charge < -0.3 is 10.3 Å². The number of nitrogen functional groups attached to an aromatic ring is 1. The summed E-state index contributed by atoms with van der Waals surface area (Å²) >= 11 is 0. The van der Waals surface area contributed by atoms with E-state index in [-0.39, 0.29) is 5.95 Å². The van der Waals surface area contributed by atoms with Gasteiger partial charge in [0.05, 0.1) is 18.2 Å². The summed E-state index contributed by atoms with van der Waals surface area (Å²) < 4.78 is 2.06. The van der Waals surface area contributed by atoms with Crippen LogP contribution < -0.4 is 5.73 Å². The van der Waals surface area contributed by atoms with Gasteiger partial charge in [-0.1, -0.05) is 0 Å². The van der Waals surface area contributed by atoms with Crippen LogP contribution in [0.2, 0.25) is 0 Å². The van der Waals surface area contributed by atoms with Gasteiger partial charge in [-0.15, -0.1) is 0 Å². The monoisotopic (exact) mass is 203 g/mol. The van der Waals surface area contributed by atoms with Gasteiger partial charge in [-0.05, 0) is 13.8 Å². The van der Waals surface area contributed by atoms with Gasteiger partial charge in [-0.3, -0.25) is 0 Å². The van der Waals surface area contributed by atoms with Crippen LogP contribution in [0.15, 0.2) is 24.9 Å². The molecule has 5 nitrogen and oxygen atoms in total. The minimum absolute atomic E-state index is 0.286. The summed E-state index contributed by atoms with van der Waals surface area (Å²) in [5.74, 6) is 0.286. The van der Waals surface area contributed by atoms with Crippen molar-refractivity contribution in [3.8, 4) is 11.3 Å². The molecule has 0 unspecified atom stereocenters. The van der Waals surface area contributed by atoms with Gasteiger partial charge in [0.25, 0.3) is 0 Å². The lowest BCUT2D eigenvalue weighted by molar-refractivity contribution is 0.605. The fourth-order valence-electron chi connectivity index (χ4n) is 1.41. The molecule has 0 atom stereocenters. The van der Waals surface area contributed by atoms with E-state index in [2.05, 4.69) is 33.4 Å². The predicted molar refractivity (Wildman–Crippen MR) is 58.1 cm³/mol. The Morgan fingerprint density at radius 2 is 1.87 bits per heavy atom. The Balaban J connectivity index is 2.45. The molecule has 0 aliphatic rings. The third-order valence-corrected chi connectivity index (χ3v) is 2.19. The Labute approximate surface area is 88.0 Å². The number of nitrogens with two attached hydrogens (primary N) is 1.